The molecule has 9 nitrogen and oxygen atoms in total. The number of amides is 1. The summed E-state index contributed by atoms with van der Waals surface area (Å²) in [6.45, 7) is 0.0648. The number of carbonyl (C=O) groups is 1. The van der Waals surface area contributed by atoms with Gasteiger partial charge in [-0.2, -0.15) is 5.10 Å². The second kappa shape index (κ2) is 9.16. The zero-order valence-electron chi connectivity index (χ0n) is 18.3. The molecule has 1 N–H and O–H groups in total. The van der Waals surface area contributed by atoms with Crippen molar-refractivity contribution in [3.63, 3.8) is 0 Å². The third kappa shape index (κ3) is 4.00. The summed E-state index contributed by atoms with van der Waals surface area (Å²) in [5, 5.41) is 4.99. The van der Waals surface area contributed by atoms with Crippen LogP contribution in [0.1, 0.15) is 5.69 Å². The molecular formula is C25H21N5O4. The highest BCUT2D eigenvalue weighted by molar-refractivity contribution is 5.88. The van der Waals surface area contributed by atoms with Crippen LogP contribution < -0.4 is 15.7 Å². The van der Waals surface area contributed by atoms with E-state index in [-0.39, 0.29) is 6.61 Å². The molecule has 5 rings (SSSR count). The Morgan fingerprint density at radius 3 is 2.50 bits per heavy atom. The van der Waals surface area contributed by atoms with Crippen LogP contribution in [0.5, 0.6) is 5.75 Å². The highest BCUT2D eigenvalue weighted by Crippen LogP contribution is 2.29. The van der Waals surface area contributed by atoms with Crippen molar-refractivity contribution in [2.45, 2.75) is 6.61 Å². The van der Waals surface area contributed by atoms with Crippen LogP contribution in [0.4, 0.5) is 0 Å². The van der Waals surface area contributed by atoms with Gasteiger partial charge in [0.25, 0.3) is 11.5 Å². The molecule has 5 aromatic rings. The third-order valence-corrected chi connectivity index (χ3v) is 5.29. The maximum absolute atomic E-state index is 13.1. The van der Waals surface area contributed by atoms with E-state index in [4.69, 9.17) is 9.47 Å². The molecule has 0 radical (unpaired) electrons. The normalized spacial score (nSPS) is 11.1. The summed E-state index contributed by atoms with van der Waals surface area (Å²) in [6.07, 6.45) is 2.99. The van der Waals surface area contributed by atoms with Gasteiger partial charge in [0.05, 0.1) is 28.8 Å². The number of hydrogen-bond donors (Lipinski definition) is 1. The highest BCUT2D eigenvalue weighted by atomic mass is 16.5. The summed E-state index contributed by atoms with van der Waals surface area (Å²) in [4.78, 5) is 29.9. The van der Waals surface area contributed by atoms with Crippen molar-refractivity contribution in [1.82, 2.24) is 19.3 Å². The molecule has 0 fully saturated rings. The molecule has 0 saturated heterocycles. The van der Waals surface area contributed by atoms with Crippen molar-refractivity contribution in [2.24, 2.45) is 0 Å². The predicted octanol–water partition coefficient (Wildman–Crippen LogP) is 3.01. The summed E-state index contributed by atoms with van der Waals surface area (Å²) in [7, 11) is 1.60. The zero-order valence-corrected chi connectivity index (χ0v) is 18.3. The number of para-hydroxylation sites is 1. The lowest BCUT2D eigenvalue weighted by Crippen LogP contribution is -2.35. The van der Waals surface area contributed by atoms with Crippen LogP contribution in [-0.2, 0) is 16.1 Å². The molecule has 9 heteroatoms. The SMILES string of the molecule is COCc1nn2c(ncc3c(=O)n(NC(=O)COc4ccccc4)ccc32)c1-c1ccccc1. The maximum Gasteiger partial charge on any atom is 0.280 e. The molecule has 0 aliphatic carbocycles. The number of hydrogen-bond acceptors (Lipinski definition) is 6. The van der Waals surface area contributed by atoms with Gasteiger partial charge in [0, 0.05) is 19.5 Å². The first-order valence-corrected chi connectivity index (χ1v) is 10.6. The van der Waals surface area contributed by atoms with Gasteiger partial charge in [0.15, 0.2) is 12.3 Å². The molecule has 0 aliphatic heterocycles. The lowest BCUT2D eigenvalue weighted by Gasteiger charge is -2.10. The lowest BCUT2D eigenvalue weighted by molar-refractivity contribution is -0.119. The van der Waals surface area contributed by atoms with Crippen molar-refractivity contribution in [3.8, 4) is 16.9 Å². The molecule has 0 bridgehead atoms. The second-order valence-corrected chi connectivity index (χ2v) is 7.54. The second-order valence-electron chi connectivity index (χ2n) is 7.54. The van der Waals surface area contributed by atoms with E-state index in [9.17, 15) is 9.59 Å². The predicted molar refractivity (Wildman–Crippen MR) is 127 cm³/mol. The number of rotatable bonds is 7. The Balaban J connectivity index is 1.50. The highest BCUT2D eigenvalue weighted by Gasteiger charge is 2.18. The number of ether oxygens (including phenoxy) is 2. The van der Waals surface area contributed by atoms with E-state index in [2.05, 4.69) is 15.5 Å². The van der Waals surface area contributed by atoms with Gasteiger partial charge >= 0.3 is 0 Å². The van der Waals surface area contributed by atoms with Gasteiger partial charge < -0.3 is 9.47 Å². The standard InChI is InChI=1S/C25H21N5O4/c1-33-15-20-23(17-8-4-2-5-9-17)24-26-14-19-21(30(24)27-20)12-13-29(25(19)32)28-22(31)16-34-18-10-6-3-7-11-18/h2-14H,15-16H2,1H3,(H,28,31). The van der Waals surface area contributed by atoms with E-state index in [1.807, 2.05) is 48.5 Å². The topological polar surface area (TPSA) is 99.8 Å². The summed E-state index contributed by atoms with van der Waals surface area (Å²) >= 11 is 0. The Hall–Kier alpha value is -4.50. The van der Waals surface area contributed by atoms with Gasteiger partial charge in [-0.1, -0.05) is 48.5 Å². The summed E-state index contributed by atoms with van der Waals surface area (Å²) in [5.74, 6) is 0.0991. The maximum atomic E-state index is 13.1. The van der Waals surface area contributed by atoms with E-state index in [0.717, 1.165) is 15.8 Å². The van der Waals surface area contributed by atoms with Gasteiger partial charge in [0.1, 0.15) is 5.75 Å². The number of methoxy groups -OCH3 is 1. The van der Waals surface area contributed by atoms with Crippen LogP contribution >= 0.6 is 0 Å². The first kappa shape index (κ1) is 21.4. The van der Waals surface area contributed by atoms with Crippen molar-refractivity contribution in [3.05, 3.63) is 95.2 Å². The Labute approximate surface area is 194 Å². The molecule has 3 aromatic heterocycles. The summed E-state index contributed by atoms with van der Waals surface area (Å²) in [5.41, 5.74) is 5.82. The number of nitrogens with zero attached hydrogens (tertiary/aromatic N) is 4. The van der Waals surface area contributed by atoms with Crippen LogP contribution in [0.2, 0.25) is 0 Å². The Bertz CT molecular complexity index is 1530. The molecule has 3 heterocycles. The molecule has 0 saturated carbocycles. The first-order valence-electron chi connectivity index (χ1n) is 10.6. The molecule has 170 valence electrons. The minimum Gasteiger partial charge on any atom is -0.484 e. The van der Waals surface area contributed by atoms with Crippen LogP contribution in [0, 0.1) is 0 Å². The molecule has 0 atom stereocenters. The molecule has 2 aromatic carbocycles. The first-order chi connectivity index (χ1) is 16.7. The quantitative estimate of drug-likeness (QED) is 0.405. The van der Waals surface area contributed by atoms with Gasteiger partial charge in [-0.25, -0.2) is 14.2 Å². The van der Waals surface area contributed by atoms with E-state index < -0.39 is 11.5 Å². The Morgan fingerprint density at radius 2 is 1.76 bits per heavy atom. The molecule has 0 aliphatic rings. The van der Waals surface area contributed by atoms with Crippen LogP contribution in [0.25, 0.3) is 27.7 Å². The van der Waals surface area contributed by atoms with Gasteiger partial charge in [0.2, 0.25) is 0 Å². The average molecular weight is 455 g/mol. The van der Waals surface area contributed by atoms with Crippen molar-refractivity contribution >= 4 is 22.5 Å². The van der Waals surface area contributed by atoms with Gasteiger partial charge in [-0.3, -0.25) is 15.0 Å². The summed E-state index contributed by atoms with van der Waals surface area (Å²) in [6, 6.07) is 20.5. The van der Waals surface area contributed by atoms with Crippen molar-refractivity contribution in [2.75, 3.05) is 19.1 Å². The number of pyridine rings is 1. The van der Waals surface area contributed by atoms with Crippen molar-refractivity contribution < 1.29 is 14.3 Å². The van der Waals surface area contributed by atoms with Crippen molar-refractivity contribution in [1.29, 1.82) is 0 Å². The number of aromatic nitrogens is 4. The lowest BCUT2D eigenvalue weighted by atomic mass is 10.1. The van der Waals surface area contributed by atoms with Crippen LogP contribution in [0.3, 0.4) is 0 Å². The third-order valence-electron chi connectivity index (χ3n) is 5.29. The van der Waals surface area contributed by atoms with E-state index in [0.29, 0.717) is 34.6 Å². The Morgan fingerprint density at radius 1 is 1.03 bits per heavy atom. The largest absolute Gasteiger partial charge is 0.484 e. The smallest absolute Gasteiger partial charge is 0.280 e. The van der Waals surface area contributed by atoms with E-state index in [1.54, 1.807) is 29.8 Å². The zero-order chi connectivity index (χ0) is 23.5. The Kier molecular flexibility index (Phi) is 5.75. The minimum atomic E-state index is -0.466. The average Bonchev–Trinajstić information content (AvgIpc) is 3.24. The van der Waals surface area contributed by atoms with Crippen LogP contribution in [-0.4, -0.2) is 38.9 Å². The summed E-state index contributed by atoms with van der Waals surface area (Å²) < 4.78 is 13.5. The molecule has 1 amide bonds. The fourth-order valence-electron chi connectivity index (χ4n) is 3.77. The van der Waals surface area contributed by atoms with Gasteiger partial charge in [-0.15, -0.1) is 0 Å². The fraction of sp³-hybridized carbons (Fsp3) is 0.120. The van der Waals surface area contributed by atoms with Gasteiger partial charge in [-0.05, 0) is 23.8 Å². The number of fused-ring (bicyclic) bond motifs is 3. The molecular weight excluding hydrogens is 434 g/mol. The number of benzene rings is 2. The number of carbonyl (C=O) groups excluding carboxylic acids is 1. The van der Waals surface area contributed by atoms with E-state index in [1.165, 1.54) is 12.4 Å². The minimum absolute atomic E-state index is 0.230. The number of nitrogens with one attached hydrogen (secondary N) is 1. The monoisotopic (exact) mass is 455 g/mol. The van der Waals surface area contributed by atoms with Crippen LogP contribution in [0.15, 0.2) is 83.9 Å². The van der Waals surface area contributed by atoms with E-state index >= 15 is 0 Å². The molecule has 0 spiro atoms. The molecule has 0 unspecified atom stereocenters. The molecule has 34 heavy (non-hydrogen) atoms. The fourth-order valence-corrected chi connectivity index (χ4v) is 3.77.